The van der Waals surface area contributed by atoms with Crippen molar-refractivity contribution in [1.82, 2.24) is 14.8 Å². The summed E-state index contributed by atoms with van der Waals surface area (Å²) in [6, 6.07) is 11.4. The number of anilines is 1. The van der Waals surface area contributed by atoms with Crippen LogP contribution in [0.25, 0.3) is 10.6 Å². The number of carbonyl (C=O) groups is 1. The topological polar surface area (TPSA) is 61.6 Å². The number of carbonyl (C=O) groups excluding carboxylic acids is 1. The Labute approximate surface area is 163 Å². The number of likely N-dealkylation sites (N-methyl/N-ethyl adjacent to an activating group) is 1. The van der Waals surface area contributed by atoms with Crippen molar-refractivity contribution < 1.29 is 9.21 Å². The van der Waals surface area contributed by atoms with Crippen LogP contribution in [0.15, 0.2) is 52.4 Å². The molecular formula is C20H24N4O2S. The van der Waals surface area contributed by atoms with Gasteiger partial charge in [-0.15, -0.1) is 11.3 Å². The number of furan rings is 1. The van der Waals surface area contributed by atoms with Crippen molar-refractivity contribution in [2.45, 2.75) is 13.5 Å². The fourth-order valence-corrected chi connectivity index (χ4v) is 3.24. The molecule has 2 aromatic heterocycles. The highest BCUT2D eigenvalue weighted by Gasteiger charge is 2.16. The highest BCUT2D eigenvalue weighted by molar-refractivity contribution is 7.13. The Hall–Kier alpha value is -2.64. The van der Waals surface area contributed by atoms with Gasteiger partial charge in [0.05, 0.1) is 6.54 Å². The number of amides is 2. The Morgan fingerprint density at radius 1 is 1.15 bits per heavy atom. The summed E-state index contributed by atoms with van der Waals surface area (Å²) in [7, 11) is 3.98. The second kappa shape index (κ2) is 8.83. The molecule has 3 rings (SSSR count). The molecule has 0 saturated heterocycles. The third-order valence-corrected chi connectivity index (χ3v) is 4.88. The Morgan fingerprint density at radius 3 is 2.52 bits per heavy atom. The third kappa shape index (κ3) is 5.42. The van der Waals surface area contributed by atoms with Crippen molar-refractivity contribution in [3.05, 3.63) is 59.5 Å². The van der Waals surface area contributed by atoms with Crippen molar-refractivity contribution in [1.29, 1.82) is 0 Å². The summed E-state index contributed by atoms with van der Waals surface area (Å²) in [6.45, 7) is 3.72. The minimum Gasteiger partial charge on any atom is -0.464 e. The number of nitrogens with one attached hydrogen (secondary N) is 1. The fraction of sp³-hybridized carbons (Fsp3) is 0.300. The van der Waals surface area contributed by atoms with Gasteiger partial charge in [-0.3, -0.25) is 0 Å². The molecule has 142 valence electrons. The smallest absolute Gasteiger partial charge is 0.322 e. The molecule has 0 aliphatic carbocycles. The average molecular weight is 385 g/mol. The Balaban J connectivity index is 1.67. The summed E-state index contributed by atoms with van der Waals surface area (Å²) in [5, 5.41) is 5.89. The molecule has 6 nitrogen and oxygen atoms in total. The Kier molecular flexibility index (Phi) is 6.26. The molecule has 2 heterocycles. The molecular weight excluding hydrogens is 360 g/mol. The molecule has 0 bridgehead atoms. The first-order chi connectivity index (χ1) is 13.0. The minimum atomic E-state index is -0.145. The van der Waals surface area contributed by atoms with Crippen LogP contribution in [0.1, 0.15) is 11.5 Å². The largest absolute Gasteiger partial charge is 0.464 e. The summed E-state index contributed by atoms with van der Waals surface area (Å²) in [5.41, 5.74) is 1.80. The van der Waals surface area contributed by atoms with Crippen LogP contribution in [0.5, 0.6) is 0 Å². The number of thiazole rings is 1. The lowest BCUT2D eigenvalue weighted by atomic mass is 10.2. The molecule has 1 aromatic carbocycles. The molecule has 0 atom stereocenters. The Bertz CT molecular complexity index is 857. The number of aryl methyl sites for hydroxylation is 1. The van der Waals surface area contributed by atoms with E-state index in [1.807, 2.05) is 62.8 Å². The molecule has 7 heteroatoms. The number of nitrogens with zero attached hydrogens (tertiary/aromatic N) is 3. The van der Waals surface area contributed by atoms with Crippen LogP contribution in [0, 0.1) is 6.92 Å². The Morgan fingerprint density at radius 2 is 1.93 bits per heavy atom. The summed E-state index contributed by atoms with van der Waals surface area (Å²) in [4.78, 5) is 20.9. The maximum atomic E-state index is 12.8. The van der Waals surface area contributed by atoms with E-state index in [4.69, 9.17) is 4.42 Å². The van der Waals surface area contributed by atoms with Gasteiger partial charge in [0.15, 0.2) is 0 Å². The maximum Gasteiger partial charge on any atom is 0.322 e. The number of urea groups is 1. The zero-order chi connectivity index (χ0) is 19.2. The molecule has 1 N–H and O–H groups in total. The fourth-order valence-electron chi connectivity index (χ4n) is 2.60. The van der Waals surface area contributed by atoms with E-state index in [1.54, 1.807) is 22.4 Å². The maximum absolute atomic E-state index is 12.8. The van der Waals surface area contributed by atoms with E-state index < -0.39 is 0 Å². The monoisotopic (exact) mass is 384 g/mol. The van der Waals surface area contributed by atoms with Gasteiger partial charge in [-0.1, -0.05) is 0 Å². The van der Waals surface area contributed by atoms with E-state index >= 15 is 0 Å². The molecule has 2 amide bonds. The van der Waals surface area contributed by atoms with Gasteiger partial charge in [-0.2, -0.15) is 0 Å². The van der Waals surface area contributed by atoms with Gasteiger partial charge in [0.2, 0.25) is 0 Å². The SMILES string of the molecule is Cc1ccc(CN(CCN(C)C)C(=O)Nc2ccc(-c3nccs3)cc2)o1. The summed E-state index contributed by atoms with van der Waals surface area (Å²) in [5.74, 6) is 1.62. The van der Waals surface area contributed by atoms with Crippen LogP contribution in [0.4, 0.5) is 10.5 Å². The number of aromatic nitrogens is 1. The molecule has 0 aliphatic rings. The lowest BCUT2D eigenvalue weighted by Gasteiger charge is -2.24. The predicted molar refractivity (Wildman–Crippen MR) is 109 cm³/mol. The van der Waals surface area contributed by atoms with Gasteiger partial charge in [0, 0.05) is 35.9 Å². The first-order valence-corrected chi connectivity index (χ1v) is 9.65. The lowest BCUT2D eigenvalue weighted by Crippen LogP contribution is -2.38. The molecule has 0 spiro atoms. The van der Waals surface area contributed by atoms with Gasteiger partial charge in [0.25, 0.3) is 0 Å². The van der Waals surface area contributed by atoms with Gasteiger partial charge in [0.1, 0.15) is 16.5 Å². The van der Waals surface area contributed by atoms with Gasteiger partial charge < -0.3 is 19.5 Å². The number of benzene rings is 1. The van der Waals surface area contributed by atoms with Crippen molar-refractivity contribution in [3.8, 4) is 10.6 Å². The van der Waals surface area contributed by atoms with E-state index in [0.717, 1.165) is 34.3 Å². The van der Waals surface area contributed by atoms with Crippen LogP contribution in [-0.4, -0.2) is 48.0 Å². The predicted octanol–water partition coefficient (Wildman–Crippen LogP) is 4.31. The van der Waals surface area contributed by atoms with E-state index in [2.05, 4.69) is 15.2 Å². The van der Waals surface area contributed by atoms with Crippen LogP contribution in [0.2, 0.25) is 0 Å². The standard InChI is InChI=1S/C20H24N4O2S/c1-15-4-9-18(26-15)14-24(12-11-23(2)3)20(25)22-17-7-5-16(6-8-17)19-21-10-13-27-19/h4-10,13H,11-12,14H2,1-3H3,(H,22,25). The van der Waals surface area contributed by atoms with Gasteiger partial charge >= 0.3 is 6.03 Å². The van der Waals surface area contributed by atoms with E-state index in [1.165, 1.54) is 0 Å². The van der Waals surface area contributed by atoms with Crippen molar-refractivity contribution in [2.75, 3.05) is 32.5 Å². The molecule has 0 unspecified atom stereocenters. The highest BCUT2D eigenvalue weighted by Crippen LogP contribution is 2.23. The van der Waals surface area contributed by atoms with Crippen molar-refractivity contribution in [3.63, 3.8) is 0 Å². The number of hydrogen-bond acceptors (Lipinski definition) is 5. The summed E-state index contributed by atoms with van der Waals surface area (Å²) >= 11 is 1.59. The van der Waals surface area contributed by atoms with Crippen LogP contribution >= 0.6 is 11.3 Å². The third-order valence-electron chi connectivity index (χ3n) is 4.06. The summed E-state index contributed by atoms with van der Waals surface area (Å²) < 4.78 is 5.64. The molecule has 0 radical (unpaired) electrons. The first-order valence-electron chi connectivity index (χ1n) is 8.77. The van der Waals surface area contributed by atoms with E-state index in [0.29, 0.717) is 13.1 Å². The van der Waals surface area contributed by atoms with Crippen LogP contribution in [-0.2, 0) is 6.54 Å². The molecule has 27 heavy (non-hydrogen) atoms. The highest BCUT2D eigenvalue weighted by atomic mass is 32.1. The number of rotatable bonds is 7. The zero-order valence-electron chi connectivity index (χ0n) is 15.8. The van der Waals surface area contributed by atoms with Gasteiger partial charge in [-0.25, -0.2) is 9.78 Å². The number of hydrogen-bond donors (Lipinski definition) is 1. The van der Waals surface area contributed by atoms with Crippen LogP contribution in [0.3, 0.4) is 0 Å². The van der Waals surface area contributed by atoms with Gasteiger partial charge in [-0.05, 0) is 57.4 Å². The minimum absolute atomic E-state index is 0.145. The van der Waals surface area contributed by atoms with E-state index in [-0.39, 0.29) is 6.03 Å². The quantitative estimate of drug-likeness (QED) is 0.659. The normalized spacial score (nSPS) is 11.0. The lowest BCUT2D eigenvalue weighted by molar-refractivity contribution is 0.196. The van der Waals surface area contributed by atoms with Crippen LogP contribution < -0.4 is 5.32 Å². The second-order valence-corrected chi connectivity index (χ2v) is 7.48. The molecule has 0 aliphatic heterocycles. The van der Waals surface area contributed by atoms with Crippen molar-refractivity contribution in [2.24, 2.45) is 0 Å². The molecule has 0 fully saturated rings. The summed E-state index contributed by atoms with van der Waals surface area (Å²) in [6.07, 6.45) is 1.79. The zero-order valence-corrected chi connectivity index (χ0v) is 16.6. The van der Waals surface area contributed by atoms with Crippen molar-refractivity contribution >= 4 is 23.1 Å². The second-order valence-electron chi connectivity index (χ2n) is 6.58. The first kappa shape index (κ1) is 19.1. The molecule has 3 aromatic rings. The average Bonchev–Trinajstić information content (AvgIpc) is 3.31. The molecule has 0 saturated carbocycles. The van der Waals surface area contributed by atoms with E-state index in [9.17, 15) is 4.79 Å².